The Morgan fingerprint density at radius 1 is 1.16 bits per heavy atom. The summed E-state index contributed by atoms with van der Waals surface area (Å²) in [5.41, 5.74) is 1.92. The molecule has 0 aliphatic carbocycles. The van der Waals surface area contributed by atoms with Crippen molar-refractivity contribution in [1.29, 1.82) is 0 Å². The fraction of sp³-hybridized carbons (Fsp3) is 0.185. The summed E-state index contributed by atoms with van der Waals surface area (Å²) in [4.78, 5) is 25.7. The Hall–Kier alpha value is -3.60. The summed E-state index contributed by atoms with van der Waals surface area (Å²) in [7, 11) is 0. The van der Waals surface area contributed by atoms with E-state index in [4.69, 9.17) is 21.1 Å². The predicted molar refractivity (Wildman–Crippen MR) is 151 cm³/mol. The summed E-state index contributed by atoms with van der Waals surface area (Å²) in [6.45, 7) is 6.37. The average Bonchev–Trinajstić information content (AvgIpc) is 3.52. The van der Waals surface area contributed by atoms with Crippen LogP contribution in [0, 0.1) is 0 Å². The monoisotopic (exact) mass is 568 g/mol. The molecule has 0 saturated heterocycles. The predicted octanol–water partition coefficient (Wildman–Crippen LogP) is 6.33. The number of carbonyl (C=O) groups excluding carboxylic acids is 2. The first-order valence-electron chi connectivity index (χ1n) is 11.7. The third kappa shape index (κ3) is 6.63. The van der Waals surface area contributed by atoms with Crippen molar-refractivity contribution in [2.45, 2.75) is 25.2 Å². The van der Waals surface area contributed by atoms with Gasteiger partial charge in [0.1, 0.15) is 22.9 Å². The van der Waals surface area contributed by atoms with Crippen molar-refractivity contribution in [3.8, 4) is 16.9 Å². The number of halogens is 1. The second-order valence-corrected chi connectivity index (χ2v) is 10.0. The van der Waals surface area contributed by atoms with Crippen LogP contribution in [0.4, 0.5) is 5.00 Å². The van der Waals surface area contributed by atoms with Gasteiger partial charge in [0.05, 0.1) is 17.4 Å². The Kier molecular flexibility index (Phi) is 9.58. The summed E-state index contributed by atoms with van der Waals surface area (Å²) in [5.74, 6) is 0.400. The number of anilines is 1. The van der Waals surface area contributed by atoms with Gasteiger partial charge in [-0.25, -0.2) is 4.79 Å². The van der Waals surface area contributed by atoms with Gasteiger partial charge in [-0.05, 0) is 24.6 Å². The normalized spacial score (nSPS) is 10.7. The number of amides is 1. The highest BCUT2D eigenvalue weighted by molar-refractivity contribution is 7.99. The number of thiophene rings is 1. The van der Waals surface area contributed by atoms with E-state index in [9.17, 15) is 9.59 Å². The van der Waals surface area contributed by atoms with Crippen LogP contribution in [-0.4, -0.2) is 39.0 Å². The SMILES string of the molecule is C=CCn1c(COc2ccccc2Cl)nnc1SCC(=O)Nc1scc(-c2ccccc2)c1C(=O)OCC. The molecule has 0 aliphatic heterocycles. The molecular formula is C27H25ClN4O4S2. The van der Waals surface area contributed by atoms with Crippen LogP contribution in [0.5, 0.6) is 5.75 Å². The van der Waals surface area contributed by atoms with Gasteiger partial charge in [0.15, 0.2) is 11.0 Å². The van der Waals surface area contributed by atoms with E-state index in [1.807, 2.05) is 52.4 Å². The fourth-order valence-corrected chi connectivity index (χ4v) is 5.46. The number of rotatable bonds is 12. The van der Waals surface area contributed by atoms with Gasteiger partial charge in [0, 0.05) is 17.5 Å². The van der Waals surface area contributed by atoms with E-state index in [-0.39, 0.29) is 24.9 Å². The molecule has 0 atom stereocenters. The van der Waals surface area contributed by atoms with Gasteiger partial charge >= 0.3 is 5.97 Å². The highest BCUT2D eigenvalue weighted by Crippen LogP contribution is 2.36. The number of nitrogens with one attached hydrogen (secondary N) is 1. The molecular weight excluding hydrogens is 544 g/mol. The standard InChI is InChI=1S/C27H25ClN4O4S2/c1-3-14-32-22(15-36-21-13-9-8-12-20(21)28)30-31-27(32)38-17-23(33)29-25-24(26(34)35-4-2)19(16-37-25)18-10-6-5-7-11-18/h3,5-13,16H,1,4,14-15,17H2,2H3,(H,29,33). The zero-order chi connectivity index (χ0) is 26.9. The van der Waals surface area contributed by atoms with E-state index in [1.54, 1.807) is 25.1 Å². The Morgan fingerprint density at radius 2 is 1.92 bits per heavy atom. The van der Waals surface area contributed by atoms with E-state index in [0.717, 1.165) is 5.56 Å². The van der Waals surface area contributed by atoms with Crippen LogP contribution in [0.15, 0.2) is 77.8 Å². The minimum absolute atomic E-state index is 0.0570. The van der Waals surface area contributed by atoms with E-state index in [2.05, 4.69) is 22.1 Å². The first kappa shape index (κ1) is 27.4. The number of ether oxygens (including phenoxy) is 2. The molecule has 0 saturated carbocycles. The number of hydrogen-bond donors (Lipinski definition) is 1. The van der Waals surface area contributed by atoms with Crippen LogP contribution in [0.2, 0.25) is 5.02 Å². The van der Waals surface area contributed by atoms with Gasteiger partial charge in [-0.1, -0.05) is 71.9 Å². The summed E-state index contributed by atoms with van der Waals surface area (Å²) in [6, 6.07) is 16.7. The number of benzene rings is 2. The van der Waals surface area contributed by atoms with Gasteiger partial charge in [-0.2, -0.15) is 0 Å². The van der Waals surface area contributed by atoms with Gasteiger partial charge in [-0.3, -0.25) is 9.36 Å². The molecule has 4 rings (SSSR count). The van der Waals surface area contributed by atoms with Crippen LogP contribution in [0.1, 0.15) is 23.1 Å². The maximum absolute atomic E-state index is 12.9. The van der Waals surface area contributed by atoms with Crippen LogP contribution in [0.3, 0.4) is 0 Å². The van der Waals surface area contributed by atoms with E-state index in [1.165, 1.54) is 23.1 Å². The molecule has 0 aliphatic rings. The summed E-state index contributed by atoms with van der Waals surface area (Å²) >= 11 is 8.68. The number of esters is 1. The number of nitrogens with zero attached hydrogens (tertiary/aromatic N) is 3. The first-order valence-corrected chi connectivity index (χ1v) is 13.9. The maximum Gasteiger partial charge on any atom is 0.341 e. The minimum atomic E-state index is -0.482. The molecule has 8 nitrogen and oxygen atoms in total. The molecule has 0 unspecified atom stereocenters. The molecule has 196 valence electrons. The van der Waals surface area contributed by atoms with Crippen LogP contribution in [-0.2, 0) is 22.7 Å². The van der Waals surface area contributed by atoms with Crippen molar-refractivity contribution in [1.82, 2.24) is 14.8 Å². The second-order valence-electron chi connectivity index (χ2n) is 7.79. The summed E-state index contributed by atoms with van der Waals surface area (Å²) < 4.78 is 12.9. The summed E-state index contributed by atoms with van der Waals surface area (Å²) in [5, 5.41) is 14.6. The molecule has 0 spiro atoms. The Labute approximate surface area is 233 Å². The molecule has 1 N–H and O–H groups in total. The number of aromatic nitrogens is 3. The lowest BCUT2D eigenvalue weighted by Gasteiger charge is -2.10. The number of para-hydroxylation sites is 1. The lowest BCUT2D eigenvalue weighted by atomic mass is 10.0. The molecule has 0 radical (unpaired) electrons. The minimum Gasteiger partial charge on any atom is -0.484 e. The molecule has 11 heteroatoms. The average molecular weight is 569 g/mol. The third-order valence-electron chi connectivity index (χ3n) is 5.24. The molecule has 38 heavy (non-hydrogen) atoms. The number of allylic oxidation sites excluding steroid dienone is 1. The van der Waals surface area contributed by atoms with Crippen molar-refractivity contribution in [2.24, 2.45) is 0 Å². The molecule has 0 fully saturated rings. The topological polar surface area (TPSA) is 95.3 Å². The highest BCUT2D eigenvalue weighted by Gasteiger charge is 2.23. The zero-order valence-corrected chi connectivity index (χ0v) is 22.9. The van der Waals surface area contributed by atoms with Crippen molar-refractivity contribution in [2.75, 3.05) is 17.7 Å². The largest absolute Gasteiger partial charge is 0.484 e. The second kappa shape index (κ2) is 13.3. The highest BCUT2D eigenvalue weighted by atomic mass is 35.5. The maximum atomic E-state index is 12.9. The number of thioether (sulfide) groups is 1. The zero-order valence-electron chi connectivity index (χ0n) is 20.6. The van der Waals surface area contributed by atoms with Crippen molar-refractivity contribution >= 4 is 51.6 Å². The van der Waals surface area contributed by atoms with Crippen molar-refractivity contribution in [3.05, 3.63) is 89.0 Å². The van der Waals surface area contributed by atoms with E-state index < -0.39 is 5.97 Å². The molecule has 0 bridgehead atoms. The smallest absolute Gasteiger partial charge is 0.341 e. The number of carbonyl (C=O) groups is 2. The Balaban J connectivity index is 1.45. The van der Waals surface area contributed by atoms with Crippen LogP contribution in [0.25, 0.3) is 11.1 Å². The first-order chi connectivity index (χ1) is 18.5. The van der Waals surface area contributed by atoms with Gasteiger partial charge in [0.2, 0.25) is 5.91 Å². The van der Waals surface area contributed by atoms with Crippen LogP contribution >= 0.6 is 34.7 Å². The Bertz CT molecular complexity index is 1420. The molecule has 2 aromatic carbocycles. The molecule has 1 amide bonds. The third-order valence-corrected chi connectivity index (χ3v) is 7.41. The molecule has 2 heterocycles. The Morgan fingerprint density at radius 3 is 2.66 bits per heavy atom. The van der Waals surface area contributed by atoms with Crippen LogP contribution < -0.4 is 10.1 Å². The number of hydrogen-bond acceptors (Lipinski definition) is 8. The van der Waals surface area contributed by atoms with Gasteiger partial charge < -0.3 is 14.8 Å². The fourth-order valence-electron chi connectivity index (χ4n) is 3.53. The lowest BCUT2D eigenvalue weighted by Crippen LogP contribution is -2.17. The van der Waals surface area contributed by atoms with E-state index in [0.29, 0.717) is 44.4 Å². The van der Waals surface area contributed by atoms with E-state index >= 15 is 0 Å². The van der Waals surface area contributed by atoms with Gasteiger partial charge in [-0.15, -0.1) is 28.1 Å². The van der Waals surface area contributed by atoms with Crippen molar-refractivity contribution in [3.63, 3.8) is 0 Å². The summed E-state index contributed by atoms with van der Waals surface area (Å²) in [6.07, 6.45) is 1.72. The molecule has 2 aromatic heterocycles. The van der Waals surface area contributed by atoms with Crippen molar-refractivity contribution < 1.29 is 19.1 Å². The molecule has 4 aromatic rings. The van der Waals surface area contributed by atoms with Gasteiger partial charge in [0.25, 0.3) is 0 Å². The quantitative estimate of drug-likeness (QED) is 0.121. The lowest BCUT2D eigenvalue weighted by molar-refractivity contribution is -0.113.